The highest BCUT2D eigenvalue weighted by Crippen LogP contribution is 2.30. The Kier molecular flexibility index (Phi) is 6.15. The fraction of sp³-hybridized carbons (Fsp3) is 0.478. The fourth-order valence-electron chi connectivity index (χ4n) is 4.39. The average molecular weight is 426 g/mol. The van der Waals surface area contributed by atoms with E-state index in [1.165, 1.54) is 12.1 Å². The lowest BCUT2D eigenvalue weighted by Crippen LogP contribution is -2.39. The Morgan fingerprint density at radius 2 is 1.81 bits per heavy atom. The zero-order valence-corrected chi connectivity index (χ0v) is 18.0. The van der Waals surface area contributed by atoms with Gasteiger partial charge in [-0.25, -0.2) is 14.4 Å². The molecule has 8 heteroatoms. The first-order valence-corrected chi connectivity index (χ1v) is 10.8. The third kappa shape index (κ3) is 4.68. The Morgan fingerprint density at radius 1 is 1.10 bits per heavy atom. The highest BCUT2D eigenvalue weighted by Gasteiger charge is 2.29. The monoisotopic (exact) mass is 425 g/mol. The maximum absolute atomic E-state index is 13.1. The SMILES string of the molecule is CNc1nc(C2CCN(C(C)=O)CC2)nc2c1CCN(C(=O)Cc1ccc(F)cc1)C2. The minimum absolute atomic E-state index is 0.0122. The number of benzene rings is 1. The summed E-state index contributed by atoms with van der Waals surface area (Å²) in [5, 5.41) is 3.20. The van der Waals surface area contributed by atoms with Gasteiger partial charge in [0.1, 0.15) is 17.5 Å². The number of amides is 2. The molecule has 1 aromatic heterocycles. The molecule has 31 heavy (non-hydrogen) atoms. The van der Waals surface area contributed by atoms with Crippen LogP contribution in [0.25, 0.3) is 0 Å². The van der Waals surface area contributed by atoms with Crippen molar-refractivity contribution in [2.24, 2.45) is 0 Å². The summed E-state index contributed by atoms with van der Waals surface area (Å²) in [5.41, 5.74) is 2.76. The molecule has 4 rings (SSSR count). The van der Waals surface area contributed by atoms with E-state index in [0.717, 1.165) is 54.4 Å². The van der Waals surface area contributed by atoms with Crippen LogP contribution in [0.4, 0.5) is 10.2 Å². The normalized spacial score (nSPS) is 16.7. The average Bonchev–Trinajstić information content (AvgIpc) is 2.79. The van der Waals surface area contributed by atoms with Crippen molar-refractivity contribution in [1.82, 2.24) is 19.8 Å². The molecule has 164 valence electrons. The topological polar surface area (TPSA) is 78.4 Å². The number of nitrogens with zero attached hydrogens (tertiary/aromatic N) is 4. The molecule has 2 aromatic rings. The van der Waals surface area contributed by atoms with Gasteiger partial charge in [-0.15, -0.1) is 0 Å². The van der Waals surface area contributed by atoms with Gasteiger partial charge in [-0.1, -0.05) is 12.1 Å². The van der Waals surface area contributed by atoms with E-state index in [1.54, 1.807) is 19.1 Å². The van der Waals surface area contributed by atoms with Crippen LogP contribution in [0.2, 0.25) is 0 Å². The number of piperidine rings is 1. The van der Waals surface area contributed by atoms with Gasteiger partial charge in [0.15, 0.2) is 0 Å². The number of nitrogens with one attached hydrogen (secondary N) is 1. The molecular weight excluding hydrogens is 397 g/mol. The van der Waals surface area contributed by atoms with E-state index < -0.39 is 0 Å². The molecule has 0 saturated carbocycles. The Morgan fingerprint density at radius 3 is 2.45 bits per heavy atom. The van der Waals surface area contributed by atoms with Crippen molar-refractivity contribution < 1.29 is 14.0 Å². The van der Waals surface area contributed by atoms with Crippen LogP contribution in [-0.4, -0.2) is 58.3 Å². The number of fused-ring (bicyclic) bond motifs is 1. The summed E-state index contributed by atoms with van der Waals surface area (Å²) in [4.78, 5) is 37.8. The maximum Gasteiger partial charge on any atom is 0.227 e. The molecule has 7 nitrogen and oxygen atoms in total. The maximum atomic E-state index is 13.1. The molecule has 0 spiro atoms. The first-order valence-electron chi connectivity index (χ1n) is 10.8. The fourth-order valence-corrected chi connectivity index (χ4v) is 4.39. The predicted molar refractivity (Wildman–Crippen MR) is 115 cm³/mol. The molecular formula is C23H28FN5O2. The number of aromatic nitrogens is 2. The van der Waals surface area contributed by atoms with Crippen molar-refractivity contribution in [3.05, 3.63) is 52.7 Å². The van der Waals surface area contributed by atoms with Gasteiger partial charge < -0.3 is 15.1 Å². The number of halogens is 1. The minimum Gasteiger partial charge on any atom is -0.373 e. The second-order valence-electron chi connectivity index (χ2n) is 8.25. The standard InChI is InChI=1S/C23H28FN5O2/c1-15(30)28-10-7-17(8-11-28)22-26-20-14-29(12-9-19(20)23(25-2)27-22)21(31)13-16-3-5-18(24)6-4-16/h3-6,17H,7-14H2,1-2H3,(H,25,26,27). The molecule has 0 unspecified atom stereocenters. The Bertz CT molecular complexity index is 971. The van der Waals surface area contributed by atoms with E-state index in [9.17, 15) is 14.0 Å². The highest BCUT2D eigenvalue weighted by atomic mass is 19.1. The van der Waals surface area contributed by atoms with Crippen LogP contribution in [0.3, 0.4) is 0 Å². The highest BCUT2D eigenvalue weighted by molar-refractivity contribution is 5.79. The number of likely N-dealkylation sites (tertiary alicyclic amines) is 1. The van der Waals surface area contributed by atoms with E-state index >= 15 is 0 Å². The number of rotatable bonds is 4. The van der Waals surface area contributed by atoms with Gasteiger partial charge in [0.2, 0.25) is 11.8 Å². The molecule has 2 aliphatic heterocycles. The zero-order valence-electron chi connectivity index (χ0n) is 18.0. The third-order valence-electron chi connectivity index (χ3n) is 6.25. The van der Waals surface area contributed by atoms with Gasteiger partial charge in [-0.3, -0.25) is 9.59 Å². The van der Waals surface area contributed by atoms with E-state index in [2.05, 4.69) is 5.32 Å². The molecule has 2 amide bonds. The number of carbonyl (C=O) groups is 2. The summed E-state index contributed by atoms with van der Waals surface area (Å²) >= 11 is 0. The predicted octanol–water partition coefficient (Wildman–Crippen LogP) is 2.51. The van der Waals surface area contributed by atoms with E-state index in [1.807, 2.05) is 16.8 Å². The van der Waals surface area contributed by atoms with Crippen molar-refractivity contribution >= 4 is 17.6 Å². The molecule has 0 aliphatic carbocycles. The second-order valence-corrected chi connectivity index (χ2v) is 8.25. The molecule has 1 saturated heterocycles. The number of hydrogen-bond donors (Lipinski definition) is 1. The first-order chi connectivity index (χ1) is 14.9. The number of anilines is 1. The van der Waals surface area contributed by atoms with Crippen molar-refractivity contribution in [2.45, 2.75) is 45.1 Å². The Labute approximate surface area is 181 Å². The van der Waals surface area contributed by atoms with Gasteiger partial charge >= 0.3 is 0 Å². The van der Waals surface area contributed by atoms with Crippen LogP contribution in [0.5, 0.6) is 0 Å². The zero-order chi connectivity index (χ0) is 22.0. The molecule has 1 N–H and O–H groups in total. The van der Waals surface area contributed by atoms with E-state index in [4.69, 9.17) is 9.97 Å². The lowest BCUT2D eigenvalue weighted by atomic mass is 9.95. The molecule has 3 heterocycles. The van der Waals surface area contributed by atoms with Crippen LogP contribution < -0.4 is 5.32 Å². The summed E-state index contributed by atoms with van der Waals surface area (Å²) in [6.07, 6.45) is 2.63. The molecule has 0 atom stereocenters. The quantitative estimate of drug-likeness (QED) is 0.814. The lowest BCUT2D eigenvalue weighted by Gasteiger charge is -2.33. The van der Waals surface area contributed by atoms with E-state index in [0.29, 0.717) is 19.5 Å². The van der Waals surface area contributed by atoms with Gasteiger partial charge in [0, 0.05) is 45.1 Å². The number of carbonyl (C=O) groups excluding carboxylic acids is 2. The van der Waals surface area contributed by atoms with Gasteiger partial charge in [-0.2, -0.15) is 0 Å². The smallest absolute Gasteiger partial charge is 0.227 e. The summed E-state index contributed by atoms with van der Waals surface area (Å²) < 4.78 is 13.1. The van der Waals surface area contributed by atoms with Crippen LogP contribution in [0.15, 0.2) is 24.3 Å². The molecule has 1 aromatic carbocycles. The largest absolute Gasteiger partial charge is 0.373 e. The molecule has 0 radical (unpaired) electrons. The molecule has 2 aliphatic rings. The van der Waals surface area contributed by atoms with Crippen LogP contribution >= 0.6 is 0 Å². The minimum atomic E-state index is -0.305. The van der Waals surface area contributed by atoms with Crippen LogP contribution in [0, 0.1) is 5.82 Å². The van der Waals surface area contributed by atoms with Gasteiger partial charge in [-0.05, 0) is 37.0 Å². The Hall–Kier alpha value is -3.03. The van der Waals surface area contributed by atoms with Crippen molar-refractivity contribution in [1.29, 1.82) is 0 Å². The summed E-state index contributed by atoms with van der Waals surface area (Å²) in [6.45, 7) is 4.11. The van der Waals surface area contributed by atoms with Crippen molar-refractivity contribution in [2.75, 3.05) is 32.0 Å². The molecule has 0 bridgehead atoms. The third-order valence-corrected chi connectivity index (χ3v) is 6.25. The molecule has 1 fully saturated rings. The van der Waals surface area contributed by atoms with Gasteiger partial charge in [0.25, 0.3) is 0 Å². The van der Waals surface area contributed by atoms with Gasteiger partial charge in [0.05, 0.1) is 18.7 Å². The Balaban J connectivity index is 1.50. The van der Waals surface area contributed by atoms with Crippen LogP contribution in [0.1, 0.15) is 48.3 Å². The lowest BCUT2D eigenvalue weighted by molar-refractivity contribution is -0.131. The summed E-state index contributed by atoms with van der Waals surface area (Å²) in [7, 11) is 1.86. The second kappa shape index (κ2) is 8.99. The van der Waals surface area contributed by atoms with Crippen molar-refractivity contribution in [3.63, 3.8) is 0 Å². The summed E-state index contributed by atoms with van der Waals surface area (Å²) in [6, 6.07) is 6.06. The van der Waals surface area contributed by atoms with E-state index in [-0.39, 0.29) is 30.0 Å². The van der Waals surface area contributed by atoms with Crippen molar-refractivity contribution in [3.8, 4) is 0 Å². The number of hydrogen-bond acceptors (Lipinski definition) is 5. The first kappa shape index (κ1) is 21.2. The summed E-state index contributed by atoms with van der Waals surface area (Å²) in [5.74, 6) is 1.65. The van der Waals surface area contributed by atoms with Crippen LogP contribution in [-0.2, 0) is 29.0 Å².